The average molecular weight is 293 g/mol. The lowest BCUT2D eigenvalue weighted by Gasteiger charge is -2.09. The van der Waals surface area contributed by atoms with Crippen molar-refractivity contribution >= 4 is 20.0 Å². The fourth-order valence-corrected chi connectivity index (χ4v) is 2.38. The zero-order valence-corrected chi connectivity index (χ0v) is 10.7. The molecule has 0 unspecified atom stereocenters. The standard InChI is InChI=1S/C8H11N3O5S2/c9-17(12,13)7-4-3-6(16-5-1-2-5)8(11-7)18(10,14)15/h3-5H,1-2H2,(H2,9,12,13)(H2,10,14,15). The molecular formula is C8H11N3O5S2. The van der Waals surface area contributed by atoms with Crippen LogP contribution in [0.25, 0.3) is 0 Å². The molecule has 1 aromatic rings. The molecule has 1 aliphatic rings. The van der Waals surface area contributed by atoms with E-state index in [1.54, 1.807) is 0 Å². The molecule has 4 N–H and O–H groups in total. The number of pyridine rings is 1. The molecule has 0 aromatic carbocycles. The van der Waals surface area contributed by atoms with Gasteiger partial charge in [0.1, 0.15) is 0 Å². The van der Waals surface area contributed by atoms with E-state index in [0.717, 1.165) is 18.9 Å². The second kappa shape index (κ2) is 4.16. The van der Waals surface area contributed by atoms with Crippen molar-refractivity contribution in [3.8, 4) is 5.75 Å². The number of aromatic nitrogens is 1. The summed E-state index contributed by atoms with van der Waals surface area (Å²) in [7, 11) is -8.29. The molecule has 0 amide bonds. The number of nitrogens with zero attached hydrogens (tertiary/aromatic N) is 1. The first-order chi connectivity index (χ1) is 8.18. The highest BCUT2D eigenvalue weighted by atomic mass is 32.2. The summed E-state index contributed by atoms with van der Waals surface area (Å²) in [6, 6.07) is 2.26. The fraction of sp³-hybridized carbons (Fsp3) is 0.375. The Morgan fingerprint density at radius 3 is 2.17 bits per heavy atom. The summed E-state index contributed by atoms with van der Waals surface area (Å²) in [6.45, 7) is 0. The number of sulfonamides is 2. The highest BCUT2D eigenvalue weighted by Gasteiger charge is 2.28. The van der Waals surface area contributed by atoms with Crippen LogP contribution in [0.2, 0.25) is 0 Å². The molecule has 0 bridgehead atoms. The van der Waals surface area contributed by atoms with Gasteiger partial charge in [0, 0.05) is 0 Å². The van der Waals surface area contributed by atoms with E-state index in [1.807, 2.05) is 0 Å². The number of ether oxygens (including phenoxy) is 1. The Morgan fingerprint density at radius 2 is 1.72 bits per heavy atom. The fourth-order valence-electron chi connectivity index (χ4n) is 1.23. The molecule has 1 fully saturated rings. The first-order valence-corrected chi connectivity index (χ1v) is 8.00. The van der Waals surface area contributed by atoms with E-state index in [1.165, 1.54) is 6.07 Å². The van der Waals surface area contributed by atoms with Gasteiger partial charge in [0.25, 0.3) is 20.0 Å². The molecule has 0 atom stereocenters. The average Bonchev–Trinajstić information content (AvgIpc) is 2.98. The van der Waals surface area contributed by atoms with E-state index in [4.69, 9.17) is 15.0 Å². The highest BCUT2D eigenvalue weighted by Crippen LogP contribution is 2.30. The maximum absolute atomic E-state index is 11.3. The molecule has 100 valence electrons. The normalized spacial score (nSPS) is 16.6. The number of rotatable bonds is 4. The van der Waals surface area contributed by atoms with Crippen LogP contribution in [0.1, 0.15) is 12.8 Å². The molecule has 1 aromatic heterocycles. The van der Waals surface area contributed by atoms with E-state index in [9.17, 15) is 16.8 Å². The predicted octanol–water partition coefficient (Wildman–Crippen LogP) is -1.08. The summed E-state index contributed by atoms with van der Waals surface area (Å²) in [4.78, 5) is 3.45. The maximum atomic E-state index is 11.3. The molecule has 0 saturated heterocycles. The third-order valence-electron chi connectivity index (χ3n) is 2.18. The van der Waals surface area contributed by atoms with Crippen LogP contribution in [0.4, 0.5) is 0 Å². The van der Waals surface area contributed by atoms with Crippen LogP contribution in [0, 0.1) is 0 Å². The van der Waals surface area contributed by atoms with Crippen molar-refractivity contribution in [3.63, 3.8) is 0 Å². The van der Waals surface area contributed by atoms with Crippen molar-refractivity contribution in [3.05, 3.63) is 12.1 Å². The van der Waals surface area contributed by atoms with Gasteiger partial charge in [-0.2, -0.15) is 0 Å². The highest BCUT2D eigenvalue weighted by molar-refractivity contribution is 7.89. The van der Waals surface area contributed by atoms with Crippen molar-refractivity contribution in [1.29, 1.82) is 0 Å². The summed E-state index contributed by atoms with van der Waals surface area (Å²) in [5.74, 6) is -0.0626. The lowest BCUT2D eigenvalue weighted by molar-refractivity contribution is 0.291. The molecular weight excluding hydrogens is 282 g/mol. The Kier molecular flexibility index (Phi) is 3.05. The van der Waals surface area contributed by atoms with Crippen LogP contribution in [0.3, 0.4) is 0 Å². The maximum Gasteiger partial charge on any atom is 0.259 e. The van der Waals surface area contributed by atoms with E-state index in [2.05, 4.69) is 4.98 Å². The van der Waals surface area contributed by atoms with Gasteiger partial charge in [-0.1, -0.05) is 0 Å². The van der Waals surface area contributed by atoms with Gasteiger partial charge in [0.15, 0.2) is 10.8 Å². The minimum absolute atomic E-state index is 0.0626. The van der Waals surface area contributed by atoms with E-state index in [0.29, 0.717) is 0 Å². The largest absolute Gasteiger partial charge is 0.487 e. The number of nitrogens with two attached hydrogens (primary N) is 2. The summed E-state index contributed by atoms with van der Waals surface area (Å²) in [5.41, 5.74) is 0. The quantitative estimate of drug-likeness (QED) is 0.722. The third-order valence-corrected chi connectivity index (χ3v) is 3.82. The Balaban J connectivity index is 2.54. The second-order valence-corrected chi connectivity index (χ2v) is 6.85. The second-order valence-electron chi connectivity index (χ2n) is 3.86. The van der Waals surface area contributed by atoms with Crippen molar-refractivity contribution in [1.82, 2.24) is 4.98 Å². The van der Waals surface area contributed by atoms with Gasteiger partial charge in [-0.25, -0.2) is 32.1 Å². The zero-order chi connectivity index (χ0) is 13.6. The van der Waals surface area contributed by atoms with Crippen LogP contribution in [0.5, 0.6) is 5.75 Å². The predicted molar refractivity (Wildman–Crippen MR) is 60.6 cm³/mol. The van der Waals surface area contributed by atoms with Crippen LogP contribution in [0.15, 0.2) is 22.2 Å². The van der Waals surface area contributed by atoms with E-state index < -0.39 is 30.1 Å². The van der Waals surface area contributed by atoms with Crippen LogP contribution >= 0.6 is 0 Å². The summed E-state index contributed by atoms with van der Waals surface area (Å²) < 4.78 is 50.2. The van der Waals surface area contributed by atoms with E-state index in [-0.39, 0.29) is 11.9 Å². The Morgan fingerprint density at radius 1 is 1.11 bits per heavy atom. The zero-order valence-electron chi connectivity index (χ0n) is 9.11. The topological polar surface area (TPSA) is 142 Å². The minimum atomic E-state index is -4.19. The van der Waals surface area contributed by atoms with Gasteiger partial charge in [0.2, 0.25) is 5.03 Å². The Labute approximate surface area is 104 Å². The van der Waals surface area contributed by atoms with Gasteiger partial charge in [-0.05, 0) is 25.0 Å². The molecule has 0 radical (unpaired) electrons. The molecule has 1 saturated carbocycles. The first-order valence-electron chi connectivity index (χ1n) is 4.91. The van der Waals surface area contributed by atoms with Crippen molar-refractivity contribution in [2.24, 2.45) is 10.3 Å². The molecule has 1 heterocycles. The van der Waals surface area contributed by atoms with Crippen molar-refractivity contribution in [2.45, 2.75) is 29.0 Å². The summed E-state index contributed by atoms with van der Waals surface area (Å²) in [5, 5.41) is 8.63. The number of primary sulfonamides is 2. The van der Waals surface area contributed by atoms with Gasteiger partial charge in [-0.3, -0.25) is 0 Å². The van der Waals surface area contributed by atoms with Crippen LogP contribution < -0.4 is 15.0 Å². The monoisotopic (exact) mass is 293 g/mol. The number of hydrogen-bond donors (Lipinski definition) is 2. The van der Waals surface area contributed by atoms with Gasteiger partial charge in [-0.15, -0.1) is 0 Å². The molecule has 0 aliphatic heterocycles. The lowest BCUT2D eigenvalue weighted by atomic mass is 10.4. The first kappa shape index (κ1) is 13.2. The molecule has 1 aliphatic carbocycles. The van der Waals surface area contributed by atoms with Crippen LogP contribution in [-0.4, -0.2) is 27.9 Å². The third kappa shape index (κ3) is 2.96. The van der Waals surface area contributed by atoms with E-state index >= 15 is 0 Å². The van der Waals surface area contributed by atoms with Crippen molar-refractivity contribution < 1.29 is 21.6 Å². The minimum Gasteiger partial charge on any atom is -0.487 e. The lowest BCUT2D eigenvalue weighted by Crippen LogP contribution is -2.20. The summed E-state index contributed by atoms with van der Waals surface area (Å²) >= 11 is 0. The van der Waals surface area contributed by atoms with Crippen molar-refractivity contribution in [2.75, 3.05) is 0 Å². The molecule has 10 heteroatoms. The SMILES string of the molecule is NS(=O)(=O)c1ccc(OC2CC2)c(S(N)(=O)=O)n1. The molecule has 0 spiro atoms. The molecule has 2 rings (SSSR count). The van der Waals surface area contributed by atoms with Gasteiger partial charge < -0.3 is 4.74 Å². The molecule has 18 heavy (non-hydrogen) atoms. The number of hydrogen-bond acceptors (Lipinski definition) is 6. The van der Waals surface area contributed by atoms with Crippen LogP contribution in [-0.2, 0) is 20.0 Å². The smallest absolute Gasteiger partial charge is 0.259 e. The summed E-state index contributed by atoms with van der Waals surface area (Å²) in [6.07, 6.45) is 1.54. The Hall–Kier alpha value is -1.23. The molecule has 8 nitrogen and oxygen atoms in total. The Bertz CT molecular complexity index is 679. The van der Waals surface area contributed by atoms with Gasteiger partial charge >= 0.3 is 0 Å². The van der Waals surface area contributed by atoms with Gasteiger partial charge in [0.05, 0.1) is 6.10 Å².